The van der Waals surface area contributed by atoms with Crippen molar-refractivity contribution >= 4 is 11.6 Å². The molecule has 0 bridgehead atoms. The Bertz CT molecular complexity index is 584. The van der Waals surface area contributed by atoms with Crippen molar-refractivity contribution in [2.24, 2.45) is 11.1 Å². The lowest BCUT2D eigenvalue weighted by Crippen LogP contribution is -2.54. The molecule has 1 aromatic rings. The highest BCUT2D eigenvalue weighted by Gasteiger charge is 2.35. The molecule has 1 aromatic carbocycles. The molecular weight excluding hydrogens is 270 g/mol. The third-order valence-corrected chi connectivity index (χ3v) is 4.24. The van der Waals surface area contributed by atoms with Gasteiger partial charge in [-0.15, -0.1) is 0 Å². The number of amides is 1. The number of nitrogens with zero attached hydrogens (tertiary/aromatic N) is 2. The van der Waals surface area contributed by atoms with Gasteiger partial charge in [0, 0.05) is 36.3 Å². The number of nitro groups is 1. The molecule has 6 nitrogen and oxygen atoms in total. The minimum atomic E-state index is -0.438. The van der Waals surface area contributed by atoms with Crippen molar-refractivity contribution in [3.8, 4) is 0 Å². The van der Waals surface area contributed by atoms with E-state index in [-0.39, 0.29) is 23.1 Å². The summed E-state index contributed by atoms with van der Waals surface area (Å²) in [7, 11) is 0. The second-order valence-corrected chi connectivity index (χ2v) is 6.37. The first-order valence-electron chi connectivity index (χ1n) is 7.02. The van der Waals surface area contributed by atoms with Gasteiger partial charge in [0.1, 0.15) is 0 Å². The molecule has 21 heavy (non-hydrogen) atoms. The van der Waals surface area contributed by atoms with Gasteiger partial charge in [-0.1, -0.05) is 13.8 Å². The molecule has 114 valence electrons. The molecule has 2 rings (SSSR count). The maximum Gasteiger partial charge on any atom is 0.272 e. The van der Waals surface area contributed by atoms with E-state index in [1.807, 2.05) is 0 Å². The molecule has 0 saturated carbocycles. The lowest BCUT2D eigenvalue weighted by molar-refractivity contribution is -0.385. The van der Waals surface area contributed by atoms with Crippen LogP contribution in [0.25, 0.3) is 0 Å². The van der Waals surface area contributed by atoms with Crippen molar-refractivity contribution in [2.75, 3.05) is 13.1 Å². The van der Waals surface area contributed by atoms with Crippen LogP contribution in [0.4, 0.5) is 5.69 Å². The molecular formula is C15H21N3O3. The number of carbonyl (C=O) groups excluding carboxylic acids is 1. The predicted octanol–water partition coefficient (Wildman–Crippen LogP) is 2.10. The molecule has 6 heteroatoms. The molecule has 1 fully saturated rings. The Morgan fingerprint density at radius 2 is 2.14 bits per heavy atom. The minimum absolute atomic E-state index is 0.0348. The summed E-state index contributed by atoms with van der Waals surface area (Å²) in [6.07, 6.45) is 0.769. The second-order valence-electron chi connectivity index (χ2n) is 6.37. The second kappa shape index (κ2) is 5.44. The van der Waals surface area contributed by atoms with Crippen molar-refractivity contribution in [3.63, 3.8) is 0 Å². The molecule has 1 aliphatic heterocycles. The van der Waals surface area contributed by atoms with Crippen LogP contribution in [0.3, 0.4) is 0 Å². The van der Waals surface area contributed by atoms with Crippen molar-refractivity contribution in [2.45, 2.75) is 33.2 Å². The van der Waals surface area contributed by atoms with E-state index in [9.17, 15) is 14.9 Å². The number of nitro benzene ring substituents is 1. The number of benzene rings is 1. The average molecular weight is 291 g/mol. The number of piperidine rings is 1. The maximum absolute atomic E-state index is 12.5. The summed E-state index contributed by atoms with van der Waals surface area (Å²) in [5.41, 5.74) is 6.98. The zero-order chi connectivity index (χ0) is 15.8. The number of nitrogens with two attached hydrogens (primary N) is 1. The first-order chi connectivity index (χ1) is 9.72. The molecule has 2 N–H and O–H groups in total. The number of rotatable bonds is 2. The van der Waals surface area contributed by atoms with Crippen LogP contribution >= 0.6 is 0 Å². The Morgan fingerprint density at radius 3 is 2.67 bits per heavy atom. The summed E-state index contributed by atoms with van der Waals surface area (Å²) in [4.78, 5) is 24.7. The van der Waals surface area contributed by atoms with Crippen LogP contribution in [-0.2, 0) is 0 Å². The molecule has 0 spiro atoms. The highest BCUT2D eigenvalue weighted by Crippen LogP contribution is 2.29. The van der Waals surface area contributed by atoms with Gasteiger partial charge < -0.3 is 10.6 Å². The summed E-state index contributed by atoms with van der Waals surface area (Å²) in [6, 6.07) is 4.58. The van der Waals surface area contributed by atoms with E-state index in [1.165, 1.54) is 12.1 Å². The molecule has 0 aromatic heterocycles. The van der Waals surface area contributed by atoms with Gasteiger partial charge in [-0.05, 0) is 30.9 Å². The number of likely N-dealkylation sites (tertiary alicyclic amines) is 1. The summed E-state index contributed by atoms with van der Waals surface area (Å²) in [5, 5.41) is 10.8. The number of hydrogen-bond donors (Lipinski definition) is 1. The Labute approximate surface area is 124 Å². The van der Waals surface area contributed by atoms with Crippen LogP contribution in [-0.4, -0.2) is 34.9 Å². The third-order valence-electron chi connectivity index (χ3n) is 4.24. The lowest BCUT2D eigenvalue weighted by atomic mass is 9.79. The van der Waals surface area contributed by atoms with E-state index >= 15 is 0 Å². The topological polar surface area (TPSA) is 89.5 Å². The van der Waals surface area contributed by atoms with Crippen molar-refractivity contribution in [3.05, 3.63) is 39.4 Å². The van der Waals surface area contributed by atoms with E-state index in [4.69, 9.17) is 5.73 Å². The first-order valence-corrected chi connectivity index (χ1v) is 7.02. The highest BCUT2D eigenvalue weighted by molar-refractivity contribution is 5.94. The van der Waals surface area contributed by atoms with Crippen LogP contribution in [0, 0.1) is 22.5 Å². The summed E-state index contributed by atoms with van der Waals surface area (Å²) < 4.78 is 0. The molecule has 0 aliphatic carbocycles. The van der Waals surface area contributed by atoms with Crippen LogP contribution in [0.2, 0.25) is 0 Å². The van der Waals surface area contributed by atoms with E-state index in [2.05, 4.69) is 13.8 Å². The SMILES string of the molecule is Cc1cc(C(=O)N2CCC(N)C(C)(C)C2)ccc1[N+](=O)[O-]. The van der Waals surface area contributed by atoms with Crippen LogP contribution < -0.4 is 5.73 Å². The fraction of sp³-hybridized carbons (Fsp3) is 0.533. The predicted molar refractivity (Wildman–Crippen MR) is 80.1 cm³/mol. The molecule has 1 aliphatic rings. The Balaban J connectivity index is 2.21. The monoisotopic (exact) mass is 291 g/mol. The summed E-state index contributed by atoms with van der Waals surface area (Å²) in [5.74, 6) is -0.0898. The normalized spacial score (nSPS) is 21.1. The van der Waals surface area contributed by atoms with Crippen LogP contribution in [0.1, 0.15) is 36.2 Å². The smallest absolute Gasteiger partial charge is 0.272 e. The molecule has 1 atom stereocenters. The van der Waals surface area contributed by atoms with E-state index < -0.39 is 4.92 Å². The summed E-state index contributed by atoms with van der Waals surface area (Å²) in [6.45, 7) is 6.98. The average Bonchev–Trinajstić information content (AvgIpc) is 2.40. The van der Waals surface area contributed by atoms with Crippen LogP contribution in [0.5, 0.6) is 0 Å². The van der Waals surface area contributed by atoms with E-state index in [0.717, 1.165) is 6.42 Å². The highest BCUT2D eigenvalue weighted by atomic mass is 16.6. The van der Waals surface area contributed by atoms with Gasteiger partial charge in [0.05, 0.1) is 4.92 Å². The van der Waals surface area contributed by atoms with Gasteiger partial charge in [0.15, 0.2) is 0 Å². The van der Waals surface area contributed by atoms with Gasteiger partial charge in [-0.3, -0.25) is 14.9 Å². The van der Waals surface area contributed by atoms with E-state index in [1.54, 1.807) is 17.9 Å². The quantitative estimate of drug-likeness (QED) is 0.667. The number of hydrogen-bond acceptors (Lipinski definition) is 4. The molecule has 0 radical (unpaired) electrons. The van der Waals surface area contributed by atoms with Gasteiger partial charge in [0.25, 0.3) is 11.6 Å². The maximum atomic E-state index is 12.5. The van der Waals surface area contributed by atoms with Gasteiger partial charge >= 0.3 is 0 Å². The zero-order valence-electron chi connectivity index (χ0n) is 12.6. The Hall–Kier alpha value is -1.95. The zero-order valence-corrected chi connectivity index (χ0v) is 12.6. The van der Waals surface area contributed by atoms with Crippen molar-refractivity contribution < 1.29 is 9.72 Å². The first kappa shape index (κ1) is 15.4. The van der Waals surface area contributed by atoms with Gasteiger partial charge in [0.2, 0.25) is 0 Å². The van der Waals surface area contributed by atoms with Crippen LogP contribution in [0.15, 0.2) is 18.2 Å². The third kappa shape index (κ3) is 3.05. The van der Waals surface area contributed by atoms with Crippen molar-refractivity contribution in [1.29, 1.82) is 0 Å². The van der Waals surface area contributed by atoms with Gasteiger partial charge in [-0.2, -0.15) is 0 Å². The van der Waals surface area contributed by atoms with Crippen molar-refractivity contribution in [1.82, 2.24) is 4.90 Å². The van der Waals surface area contributed by atoms with Gasteiger partial charge in [-0.25, -0.2) is 0 Å². The molecule has 1 unspecified atom stereocenters. The fourth-order valence-corrected chi connectivity index (χ4v) is 2.72. The number of aryl methyl sites for hydroxylation is 1. The molecule has 1 saturated heterocycles. The largest absolute Gasteiger partial charge is 0.338 e. The molecule has 1 heterocycles. The molecule has 1 amide bonds. The lowest BCUT2D eigenvalue weighted by Gasteiger charge is -2.42. The van der Waals surface area contributed by atoms with E-state index in [0.29, 0.717) is 24.2 Å². The Kier molecular flexibility index (Phi) is 4.00. The minimum Gasteiger partial charge on any atom is -0.338 e. The summed E-state index contributed by atoms with van der Waals surface area (Å²) >= 11 is 0. The fourth-order valence-electron chi connectivity index (χ4n) is 2.72. The standard InChI is InChI=1S/C15H21N3O3/c1-10-8-11(4-5-12(10)18(20)21)14(19)17-7-6-13(16)15(2,3)9-17/h4-5,8,13H,6-7,9,16H2,1-3H3. The number of carbonyl (C=O) groups is 1. The Morgan fingerprint density at radius 1 is 1.48 bits per heavy atom.